The number of furan rings is 1. The molecule has 6 heteroatoms. The van der Waals surface area contributed by atoms with Gasteiger partial charge in [-0.25, -0.2) is 4.39 Å². The van der Waals surface area contributed by atoms with Gasteiger partial charge in [0.15, 0.2) is 5.76 Å². The summed E-state index contributed by atoms with van der Waals surface area (Å²) in [4.78, 5) is 12.0. The summed E-state index contributed by atoms with van der Waals surface area (Å²) >= 11 is 0. The van der Waals surface area contributed by atoms with Crippen LogP contribution in [0.25, 0.3) is 5.76 Å². The van der Waals surface area contributed by atoms with Crippen molar-refractivity contribution in [1.82, 2.24) is 5.16 Å². The second-order valence-electron chi connectivity index (χ2n) is 4.85. The molecule has 0 aliphatic heterocycles. The Morgan fingerprint density at radius 1 is 1.17 bits per heavy atom. The maximum atomic E-state index is 12.9. The molecule has 0 aliphatic rings. The summed E-state index contributed by atoms with van der Waals surface area (Å²) < 4.78 is 22.9. The molecule has 0 saturated carbocycles. The van der Waals surface area contributed by atoms with Crippen LogP contribution in [-0.4, -0.2) is 16.0 Å². The molecule has 1 N–H and O–H groups in total. The molecule has 0 aliphatic carbocycles. The monoisotopic (exact) mass is 313 g/mol. The number of carbonyl (C=O) groups is 1. The van der Waals surface area contributed by atoms with Crippen LogP contribution in [-0.2, 0) is 6.42 Å². The molecule has 0 atom stereocenters. The van der Waals surface area contributed by atoms with E-state index in [-0.39, 0.29) is 23.0 Å². The van der Waals surface area contributed by atoms with Gasteiger partial charge in [-0.1, -0.05) is 17.3 Å². The van der Waals surface area contributed by atoms with E-state index in [4.69, 9.17) is 4.42 Å². The van der Waals surface area contributed by atoms with E-state index < -0.39 is 5.78 Å². The number of ketones is 1. The molecule has 0 fully saturated rings. The van der Waals surface area contributed by atoms with Gasteiger partial charge < -0.3 is 14.0 Å². The van der Waals surface area contributed by atoms with Crippen molar-refractivity contribution >= 4 is 11.5 Å². The molecule has 2 heterocycles. The quantitative estimate of drug-likeness (QED) is 0.441. The van der Waals surface area contributed by atoms with Crippen molar-refractivity contribution in [3.63, 3.8) is 0 Å². The van der Waals surface area contributed by atoms with Crippen LogP contribution in [0, 0.1) is 5.82 Å². The van der Waals surface area contributed by atoms with Crippen LogP contribution in [0.1, 0.15) is 27.6 Å². The third-order valence-corrected chi connectivity index (χ3v) is 3.16. The summed E-state index contributed by atoms with van der Waals surface area (Å²) in [6.07, 6.45) is 2.74. The standard InChI is InChI=1S/C17H12FNO4/c18-12-3-1-11(2-4-12)9-13-5-6-17(23-13)16(21)10-15(20)14-7-8-22-19-14/h1-8,10,20H,9H2. The molecule has 3 aromatic rings. The van der Waals surface area contributed by atoms with Gasteiger partial charge in [-0.15, -0.1) is 0 Å². The molecule has 3 rings (SSSR count). The Morgan fingerprint density at radius 2 is 1.96 bits per heavy atom. The Labute approximate surface area is 130 Å². The van der Waals surface area contributed by atoms with E-state index in [0.717, 1.165) is 11.6 Å². The fraction of sp³-hybridized carbons (Fsp3) is 0.0588. The highest BCUT2D eigenvalue weighted by Crippen LogP contribution is 2.16. The average molecular weight is 313 g/mol. The van der Waals surface area contributed by atoms with Gasteiger partial charge in [0.1, 0.15) is 29.3 Å². The summed E-state index contributed by atoms with van der Waals surface area (Å²) in [5, 5.41) is 13.3. The summed E-state index contributed by atoms with van der Waals surface area (Å²) in [6, 6.07) is 10.6. The number of hydrogen-bond donors (Lipinski definition) is 1. The van der Waals surface area contributed by atoms with Crippen LogP contribution >= 0.6 is 0 Å². The normalized spacial score (nSPS) is 11.6. The van der Waals surface area contributed by atoms with E-state index in [1.807, 2.05) is 0 Å². The third kappa shape index (κ3) is 3.55. The van der Waals surface area contributed by atoms with E-state index in [9.17, 15) is 14.3 Å². The second kappa shape index (κ2) is 6.31. The highest BCUT2D eigenvalue weighted by molar-refractivity contribution is 6.05. The summed E-state index contributed by atoms with van der Waals surface area (Å²) in [7, 11) is 0. The fourth-order valence-electron chi connectivity index (χ4n) is 2.02. The summed E-state index contributed by atoms with van der Waals surface area (Å²) in [6.45, 7) is 0. The number of rotatable bonds is 5. The third-order valence-electron chi connectivity index (χ3n) is 3.16. The van der Waals surface area contributed by atoms with Gasteiger partial charge in [-0.2, -0.15) is 0 Å². The minimum absolute atomic E-state index is 0.0946. The first-order valence-corrected chi connectivity index (χ1v) is 6.81. The predicted octanol–water partition coefficient (Wildman–Crippen LogP) is 3.78. The van der Waals surface area contributed by atoms with Crippen molar-refractivity contribution in [2.45, 2.75) is 6.42 Å². The number of aromatic nitrogens is 1. The van der Waals surface area contributed by atoms with Crippen molar-refractivity contribution in [3.8, 4) is 0 Å². The molecule has 1 aromatic carbocycles. The lowest BCUT2D eigenvalue weighted by Gasteiger charge is -1.98. The lowest BCUT2D eigenvalue weighted by molar-refractivity contribution is 0.101. The molecule has 0 amide bonds. The van der Waals surface area contributed by atoms with E-state index >= 15 is 0 Å². The van der Waals surface area contributed by atoms with E-state index in [2.05, 4.69) is 9.68 Å². The molecule has 0 bridgehead atoms. The first-order valence-electron chi connectivity index (χ1n) is 6.81. The summed E-state index contributed by atoms with van der Waals surface area (Å²) in [5.41, 5.74) is 1.03. The van der Waals surface area contributed by atoms with Crippen LogP contribution in [0.15, 0.2) is 63.7 Å². The zero-order valence-corrected chi connectivity index (χ0v) is 11.9. The number of aliphatic hydroxyl groups excluding tert-OH is 1. The number of hydrogen-bond acceptors (Lipinski definition) is 5. The van der Waals surface area contributed by atoms with Gasteiger partial charge in [0.25, 0.3) is 0 Å². The van der Waals surface area contributed by atoms with Gasteiger partial charge in [0, 0.05) is 18.6 Å². The predicted molar refractivity (Wildman–Crippen MR) is 79.4 cm³/mol. The number of halogens is 1. The average Bonchev–Trinajstić information content (AvgIpc) is 3.21. The van der Waals surface area contributed by atoms with E-state index in [1.165, 1.54) is 30.5 Å². The number of benzene rings is 1. The number of carbonyl (C=O) groups excluding carboxylic acids is 1. The Morgan fingerprint density at radius 3 is 2.65 bits per heavy atom. The molecule has 23 heavy (non-hydrogen) atoms. The topological polar surface area (TPSA) is 76.5 Å². The van der Waals surface area contributed by atoms with Gasteiger partial charge in [0.05, 0.1) is 0 Å². The Bertz CT molecular complexity index is 832. The zero-order valence-electron chi connectivity index (χ0n) is 11.9. The van der Waals surface area contributed by atoms with Crippen molar-refractivity contribution in [3.05, 3.63) is 83.4 Å². The van der Waals surface area contributed by atoms with Crippen molar-refractivity contribution in [1.29, 1.82) is 0 Å². The van der Waals surface area contributed by atoms with Gasteiger partial charge in [-0.3, -0.25) is 4.79 Å². The molecule has 0 radical (unpaired) electrons. The molecular formula is C17H12FNO4. The fourth-order valence-corrected chi connectivity index (χ4v) is 2.02. The lowest BCUT2D eigenvalue weighted by atomic mass is 10.1. The minimum Gasteiger partial charge on any atom is -0.505 e. The van der Waals surface area contributed by atoms with Gasteiger partial charge in [0.2, 0.25) is 5.78 Å². The Hall–Kier alpha value is -3.15. The smallest absolute Gasteiger partial charge is 0.224 e. The van der Waals surface area contributed by atoms with Crippen molar-refractivity contribution in [2.24, 2.45) is 0 Å². The van der Waals surface area contributed by atoms with E-state index in [0.29, 0.717) is 12.2 Å². The molecule has 116 valence electrons. The first-order chi connectivity index (χ1) is 11.1. The number of nitrogens with zero attached hydrogens (tertiary/aromatic N) is 1. The van der Waals surface area contributed by atoms with Crippen LogP contribution in [0.2, 0.25) is 0 Å². The SMILES string of the molecule is O=C(C=C(O)c1ccon1)c1ccc(Cc2ccc(F)cc2)o1. The highest BCUT2D eigenvalue weighted by Gasteiger charge is 2.12. The molecular weight excluding hydrogens is 301 g/mol. The van der Waals surface area contributed by atoms with Gasteiger partial charge in [-0.05, 0) is 29.8 Å². The second-order valence-corrected chi connectivity index (χ2v) is 4.85. The molecule has 0 spiro atoms. The molecule has 0 unspecified atom stereocenters. The maximum Gasteiger partial charge on any atom is 0.224 e. The Kier molecular flexibility index (Phi) is 4.05. The van der Waals surface area contributed by atoms with Crippen LogP contribution in [0.5, 0.6) is 0 Å². The van der Waals surface area contributed by atoms with Crippen LogP contribution < -0.4 is 0 Å². The molecule has 5 nitrogen and oxygen atoms in total. The first kappa shape index (κ1) is 14.8. The summed E-state index contributed by atoms with van der Waals surface area (Å²) in [5.74, 6) is -0.444. The largest absolute Gasteiger partial charge is 0.505 e. The highest BCUT2D eigenvalue weighted by atomic mass is 19.1. The number of aliphatic hydroxyl groups is 1. The molecule has 2 aromatic heterocycles. The van der Waals surface area contributed by atoms with Crippen molar-refractivity contribution in [2.75, 3.05) is 0 Å². The molecule has 0 saturated heterocycles. The maximum absolute atomic E-state index is 12.9. The zero-order chi connectivity index (χ0) is 16.2. The van der Waals surface area contributed by atoms with Gasteiger partial charge >= 0.3 is 0 Å². The minimum atomic E-state index is -0.490. The Balaban J connectivity index is 1.72. The van der Waals surface area contributed by atoms with Crippen LogP contribution in [0.3, 0.4) is 0 Å². The van der Waals surface area contributed by atoms with Crippen molar-refractivity contribution < 1.29 is 23.2 Å². The number of allylic oxidation sites excluding steroid dienone is 1. The van der Waals surface area contributed by atoms with Crippen LogP contribution in [0.4, 0.5) is 4.39 Å². The van der Waals surface area contributed by atoms with E-state index in [1.54, 1.807) is 18.2 Å². The lowest BCUT2D eigenvalue weighted by Crippen LogP contribution is -1.95.